The van der Waals surface area contributed by atoms with Crippen molar-refractivity contribution >= 4 is 28.8 Å². The Morgan fingerprint density at radius 1 is 1.29 bits per heavy atom. The van der Waals surface area contributed by atoms with Crippen LogP contribution in [0.1, 0.15) is 48.6 Å². The van der Waals surface area contributed by atoms with Gasteiger partial charge in [-0.05, 0) is 31.4 Å². The minimum atomic E-state index is -1.13. The maximum atomic E-state index is 13.4. The highest BCUT2D eigenvalue weighted by molar-refractivity contribution is 7.09. The van der Waals surface area contributed by atoms with Crippen molar-refractivity contribution in [3.8, 4) is 0 Å². The number of hydrogen-bond donors (Lipinski definition) is 0. The van der Waals surface area contributed by atoms with Crippen molar-refractivity contribution in [1.29, 1.82) is 0 Å². The first-order valence-corrected chi connectivity index (χ1v) is 8.70. The topological polar surface area (TPSA) is 34.4 Å². The highest BCUT2D eigenvalue weighted by atomic mass is 35.5. The Balaban J connectivity index is 2.60. The van der Waals surface area contributed by atoms with Gasteiger partial charge in [-0.25, -0.2) is 8.78 Å². The molecule has 0 aliphatic rings. The second kappa shape index (κ2) is 6.76. The van der Waals surface area contributed by atoms with E-state index in [-0.39, 0.29) is 16.0 Å². The predicted octanol–water partition coefficient (Wildman–Crippen LogP) is 4.85. The predicted molar refractivity (Wildman–Crippen MR) is 92.7 cm³/mol. The Kier molecular flexibility index (Phi) is 5.30. The van der Waals surface area contributed by atoms with Gasteiger partial charge in [-0.15, -0.1) is 11.3 Å². The summed E-state index contributed by atoms with van der Waals surface area (Å²) in [6, 6.07) is 1.57. The molecule has 24 heavy (non-hydrogen) atoms. The van der Waals surface area contributed by atoms with Crippen molar-refractivity contribution in [3.05, 3.63) is 49.7 Å². The van der Waals surface area contributed by atoms with Gasteiger partial charge in [0.05, 0.1) is 10.6 Å². The lowest BCUT2D eigenvalue weighted by atomic mass is 9.93. The molecule has 0 spiro atoms. The van der Waals surface area contributed by atoms with Gasteiger partial charge in [0.25, 0.3) is 5.91 Å². The lowest BCUT2D eigenvalue weighted by Gasteiger charge is -2.17. The van der Waals surface area contributed by atoms with Crippen molar-refractivity contribution in [2.24, 2.45) is 4.99 Å². The molecule has 0 unspecified atom stereocenters. The Morgan fingerprint density at radius 2 is 1.88 bits per heavy atom. The molecule has 0 aliphatic heterocycles. The maximum absolute atomic E-state index is 13.4. The summed E-state index contributed by atoms with van der Waals surface area (Å²) in [6.07, 6.45) is 0. The molecule has 1 aromatic heterocycles. The van der Waals surface area contributed by atoms with Gasteiger partial charge >= 0.3 is 0 Å². The van der Waals surface area contributed by atoms with E-state index in [2.05, 4.69) is 25.8 Å². The monoisotopic (exact) mass is 372 g/mol. The van der Waals surface area contributed by atoms with Crippen molar-refractivity contribution in [1.82, 2.24) is 4.57 Å². The van der Waals surface area contributed by atoms with E-state index in [0.717, 1.165) is 22.7 Å². The number of amides is 1. The molecule has 0 fully saturated rings. The molecule has 1 aromatic carbocycles. The molecular weight excluding hydrogens is 354 g/mol. The second-order valence-corrected chi connectivity index (χ2v) is 7.84. The summed E-state index contributed by atoms with van der Waals surface area (Å²) in [5.41, 5.74) is 0.807. The molecule has 0 saturated carbocycles. The molecule has 0 saturated heterocycles. The molecule has 2 aromatic rings. The molecule has 0 radical (unpaired) electrons. The van der Waals surface area contributed by atoms with E-state index in [9.17, 15) is 13.6 Å². The van der Waals surface area contributed by atoms with Crippen molar-refractivity contribution < 1.29 is 13.6 Å². The number of rotatable bonds is 2. The van der Waals surface area contributed by atoms with Gasteiger partial charge in [0.2, 0.25) is 0 Å². The summed E-state index contributed by atoms with van der Waals surface area (Å²) in [6.45, 7) is 10.8. The Hall–Kier alpha value is -1.53. The zero-order valence-electron chi connectivity index (χ0n) is 14.2. The zero-order valence-corrected chi connectivity index (χ0v) is 15.8. The third-order valence-electron chi connectivity index (χ3n) is 3.59. The fourth-order valence-corrected chi connectivity index (χ4v) is 3.95. The van der Waals surface area contributed by atoms with Crippen molar-refractivity contribution in [2.75, 3.05) is 0 Å². The molecule has 7 heteroatoms. The van der Waals surface area contributed by atoms with E-state index in [1.54, 1.807) is 0 Å². The fourth-order valence-electron chi connectivity index (χ4n) is 2.47. The third kappa shape index (κ3) is 3.59. The maximum Gasteiger partial charge on any atom is 0.281 e. The van der Waals surface area contributed by atoms with Crippen LogP contribution in [-0.4, -0.2) is 10.5 Å². The molecule has 1 heterocycles. The first-order valence-electron chi connectivity index (χ1n) is 7.50. The van der Waals surface area contributed by atoms with Gasteiger partial charge in [0.1, 0.15) is 0 Å². The molecule has 2 rings (SSSR count). The van der Waals surface area contributed by atoms with Crippen LogP contribution in [0.3, 0.4) is 0 Å². The fraction of sp³-hybridized carbons (Fsp3) is 0.412. The van der Waals surface area contributed by atoms with E-state index >= 15 is 0 Å². The third-order valence-corrected chi connectivity index (χ3v) is 5.51. The van der Waals surface area contributed by atoms with Crippen molar-refractivity contribution in [3.63, 3.8) is 0 Å². The molecule has 3 nitrogen and oxygen atoms in total. The standard InChI is InChI=1S/C17H19ClF2N2OS/c1-6-22-9(2)14(17(3,4)5)24-16(22)21-15(23)10-7-12(19)13(20)8-11(10)18/h7-8H,6H2,1-5H3/b21-16-. The minimum Gasteiger partial charge on any atom is -0.321 e. The SMILES string of the molecule is CCn1c(C)c(C(C)(C)C)s/c1=N\C(=O)c1cc(F)c(F)cc1Cl. The summed E-state index contributed by atoms with van der Waals surface area (Å²) >= 11 is 7.27. The van der Waals surface area contributed by atoms with E-state index in [1.165, 1.54) is 11.3 Å². The average molecular weight is 373 g/mol. The normalized spacial score (nSPS) is 12.8. The Bertz CT molecular complexity index is 863. The van der Waals surface area contributed by atoms with E-state index in [4.69, 9.17) is 11.6 Å². The number of hydrogen-bond acceptors (Lipinski definition) is 2. The first kappa shape index (κ1) is 18.8. The van der Waals surface area contributed by atoms with Crippen LogP contribution in [0.5, 0.6) is 0 Å². The quantitative estimate of drug-likeness (QED) is 0.694. The molecule has 0 bridgehead atoms. The second-order valence-electron chi connectivity index (χ2n) is 6.46. The molecule has 0 N–H and O–H groups in total. The van der Waals surface area contributed by atoms with Gasteiger partial charge in [0, 0.05) is 17.1 Å². The highest BCUT2D eigenvalue weighted by Gasteiger charge is 2.22. The van der Waals surface area contributed by atoms with Crippen LogP contribution >= 0.6 is 22.9 Å². The Morgan fingerprint density at radius 3 is 2.42 bits per heavy atom. The van der Waals surface area contributed by atoms with Gasteiger partial charge in [-0.2, -0.15) is 4.99 Å². The number of benzene rings is 1. The van der Waals surface area contributed by atoms with Crippen LogP contribution in [0.15, 0.2) is 17.1 Å². The van der Waals surface area contributed by atoms with Crippen molar-refractivity contribution in [2.45, 2.75) is 46.6 Å². The number of nitrogens with zero attached hydrogens (tertiary/aromatic N) is 2. The van der Waals surface area contributed by atoms with Crippen LogP contribution in [-0.2, 0) is 12.0 Å². The van der Waals surface area contributed by atoms with Gasteiger partial charge < -0.3 is 4.57 Å². The summed E-state index contributed by atoms with van der Waals surface area (Å²) in [7, 11) is 0. The zero-order chi connectivity index (χ0) is 18.2. The molecule has 1 amide bonds. The molecule has 0 atom stereocenters. The van der Waals surface area contributed by atoms with Crippen LogP contribution in [0.25, 0.3) is 0 Å². The Labute approximate surface area is 148 Å². The number of carbonyl (C=O) groups excluding carboxylic acids is 1. The number of aromatic nitrogens is 1. The van der Waals surface area contributed by atoms with E-state index in [1.807, 2.05) is 18.4 Å². The number of thiazole rings is 1. The highest BCUT2D eigenvalue weighted by Crippen LogP contribution is 2.28. The molecule has 130 valence electrons. The lowest BCUT2D eigenvalue weighted by molar-refractivity contribution is 0.0997. The largest absolute Gasteiger partial charge is 0.321 e. The molecular formula is C17H19ClF2N2OS. The average Bonchev–Trinajstić information content (AvgIpc) is 2.78. The van der Waals surface area contributed by atoms with E-state index < -0.39 is 17.5 Å². The van der Waals surface area contributed by atoms with Crippen LogP contribution in [0.4, 0.5) is 8.78 Å². The first-order chi connectivity index (χ1) is 11.1. The summed E-state index contributed by atoms with van der Waals surface area (Å²) in [5.74, 6) is -2.91. The summed E-state index contributed by atoms with van der Waals surface area (Å²) in [4.78, 5) is 18.1. The van der Waals surface area contributed by atoms with Crippen LogP contribution < -0.4 is 4.80 Å². The van der Waals surface area contributed by atoms with E-state index in [0.29, 0.717) is 11.3 Å². The molecule has 0 aliphatic carbocycles. The van der Waals surface area contributed by atoms with Gasteiger partial charge in [0.15, 0.2) is 16.4 Å². The van der Waals surface area contributed by atoms with Gasteiger partial charge in [-0.3, -0.25) is 4.79 Å². The van der Waals surface area contributed by atoms with Gasteiger partial charge in [-0.1, -0.05) is 32.4 Å². The van der Waals surface area contributed by atoms with Crippen LogP contribution in [0.2, 0.25) is 5.02 Å². The lowest BCUT2D eigenvalue weighted by Crippen LogP contribution is -2.18. The number of carbonyl (C=O) groups is 1. The number of halogens is 3. The van der Waals surface area contributed by atoms with Crippen LogP contribution in [0, 0.1) is 18.6 Å². The smallest absolute Gasteiger partial charge is 0.281 e. The minimum absolute atomic E-state index is 0.0812. The summed E-state index contributed by atoms with van der Waals surface area (Å²) in [5, 5.41) is -0.157. The summed E-state index contributed by atoms with van der Waals surface area (Å²) < 4.78 is 28.5.